The molecule has 0 aliphatic carbocycles. The Morgan fingerprint density at radius 1 is 1.33 bits per heavy atom. The van der Waals surface area contributed by atoms with Gasteiger partial charge in [0.2, 0.25) is 0 Å². The Morgan fingerprint density at radius 2 is 2.00 bits per heavy atom. The van der Waals surface area contributed by atoms with Gasteiger partial charge in [-0.05, 0) is 30.5 Å². The minimum absolute atomic E-state index is 0.0751. The molecule has 18 heavy (non-hydrogen) atoms. The van der Waals surface area contributed by atoms with Crippen LogP contribution in [-0.4, -0.2) is 19.0 Å². The molecule has 0 aliphatic rings. The number of carbonyl (C=O) groups excluding carboxylic acids is 1. The van der Waals surface area contributed by atoms with Crippen LogP contribution in [0.4, 0.5) is 11.4 Å². The highest BCUT2D eigenvalue weighted by molar-refractivity contribution is 6.00. The average Bonchev–Trinajstić information content (AvgIpc) is 2.25. The number of anilines is 2. The molecule has 4 nitrogen and oxygen atoms in total. The number of nitrogens with one attached hydrogen (secondary N) is 2. The monoisotopic (exact) mass is 249 g/mol. The van der Waals surface area contributed by atoms with Gasteiger partial charge in [-0.2, -0.15) is 0 Å². The molecule has 0 fully saturated rings. The molecule has 0 spiro atoms. The molecule has 0 unspecified atom stereocenters. The van der Waals surface area contributed by atoms with Crippen LogP contribution in [0.15, 0.2) is 18.2 Å². The first kappa shape index (κ1) is 14.4. The summed E-state index contributed by atoms with van der Waals surface area (Å²) < 4.78 is 0. The second-order valence-electron chi connectivity index (χ2n) is 5.58. The van der Waals surface area contributed by atoms with Crippen molar-refractivity contribution in [2.75, 3.05) is 24.1 Å². The van der Waals surface area contributed by atoms with Crippen LogP contribution in [0.1, 0.15) is 38.1 Å². The SMILES string of the molecule is CCNC(=O)c1ccc(N)cc1NCC(C)(C)C. The number of amides is 1. The molecule has 1 amide bonds. The van der Waals surface area contributed by atoms with E-state index < -0.39 is 0 Å². The summed E-state index contributed by atoms with van der Waals surface area (Å²) in [6.07, 6.45) is 0. The maximum Gasteiger partial charge on any atom is 0.253 e. The Bertz CT molecular complexity index is 422. The normalized spacial score (nSPS) is 11.1. The lowest BCUT2D eigenvalue weighted by Crippen LogP contribution is -2.25. The third-order valence-electron chi connectivity index (χ3n) is 2.43. The standard InChI is InChI=1S/C14H23N3O/c1-5-16-13(18)11-7-6-10(15)8-12(11)17-9-14(2,3)4/h6-8,17H,5,9,15H2,1-4H3,(H,16,18). The summed E-state index contributed by atoms with van der Waals surface area (Å²) in [7, 11) is 0. The Hall–Kier alpha value is -1.71. The lowest BCUT2D eigenvalue weighted by atomic mass is 9.96. The highest BCUT2D eigenvalue weighted by atomic mass is 16.1. The number of rotatable bonds is 4. The van der Waals surface area contributed by atoms with Gasteiger partial charge in [0.1, 0.15) is 0 Å². The number of nitrogen functional groups attached to an aromatic ring is 1. The predicted molar refractivity (Wildman–Crippen MR) is 76.8 cm³/mol. The summed E-state index contributed by atoms with van der Waals surface area (Å²) in [5.74, 6) is -0.0751. The zero-order chi connectivity index (χ0) is 13.8. The number of nitrogens with two attached hydrogens (primary N) is 1. The van der Waals surface area contributed by atoms with E-state index in [2.05, 4.69) is 31.4 Å². The van der Waals surface area contributed by atoms with Gasteiger partial charge in [0.25, 0.3) is 5.91 Å². The highest BCUT2D eigenvalue weighted by Gasteiger charge is 2.14. The summed E-state index contributed by atoms with van der Waals surface area (Å²) in [6.45, 7) is 9.70. The topological polar surface area (TPSA) is 67.2 Å². The first-order valence-corrected chi connectivity index (χ1v) is 6.25. The van der Waals surface area contributed by atoms with Crippen LogP contribution >= 0.6 is 0 Å². The van der Waals surface area contributed by atoms with Gasteiger partial charge in [0.15, 0.2) is 0 Å². The number of hydrogen-bond acceptors (Lipinski definition) is 3. The molecule has 0 saturated carbocycles. The summed E-state index contributed by atoms with van der Waals surface area (Å²) in [6, 6.07) is 5.30. The minimum Gasteiger partial charge on any atom is -0.399 e. The Labute approximate surface area is 109 Å². The van der Waals surface area contributed by atoms with Gasteiger partial charge in [-0.1, -0.05) is 20.8 Å². The smallest absolute Gasteiger partial charge is 0.253 e. The van der Waals surface area contributed by atoms with Gasteiger partial charge in [-0.3, -0.25) is 4.79 Å². The van der Waals surface area contributed by atoms with Gasteiger partial charge >= 0.3 is 0 Å². The van der Waals surface area contributed by atoms with Crippen LogP contribution in [0.25, 0.3) is 0 Å². The quantitative estimate of drug-likeness (QED) is 0.718. The summed E-state index contributed by atoms with van der Waals surface area (Å²) >= 11 is 0. The van der Waals surface area contributed by atoms with Crippen LogP contribution in [-0.2, 0) is 0 Å². The third kappa shape index (κ3) is 4.28. The number of carbonyl (C=O) groups is 1. The molecule has 4 heteroatoms. The van der Waals surface area contributed by atoms with Crippen LogP contribution in [0, 0.1) is 5.41 Å². The molecule has 0 bridgehead atoms. The van der Waals surface area contributed by atoms with Gasteiger partial charge in [-0.25, -0.2) is 0 Å². The average molecular weight is 249 g/mol. The molecule has 0 heterocycles. The Morgan fingerprint density at radius 3 is 2.56 bits per heavy atom. The molecule has 1 aromatic carbocycles. The lowest BCUT2D eigenvalue weighted by Gasteiger charge is -2.21. The van der Waals surface area contributed by atoms with Crippen molar-refractivity contribution in [3.63, 3.8) is 0 Å². The second-order valence-corrected chi connectivity index (χ2v) is 5.58. The molecule has 4 N–H and O–H groups in total. The van der Waals surface area contributed by atoms with E-state index in [9.17, 15) is 4.79 Å². The third-order valence-corrected chi connectivity index (χ3v) is 2.43. The largest absolute Gasteiger partial charge is 0.399 e. The van der Waals surface area contributed by atoms with Crippen molar-refractivity contribution in [1.29, 1.82) is 0 Å². The molecular formula is C14H23N3O. The fraction of sp³-hybridized carbons (Fsp3) is 0.500. The van der Waals surface area contributed by atoms with E-state index in [1.807, 2.05) is 6.92 Å². The van der Waals surface area contributed by atoms with Gasteiger partial charge < -0.3 is 16.4 Å². The maximum absolute atomic E-state index is 11.9. The predicted octanol–water partition coefficient (Wildman–Crippen LogP) is 2.48. The van der Waals surface area contributed by atoms with Crippen molar-refractivity contribution < 1.29 is 4.79 Å². The fourth-order valence-electron chi connectivity index (χ4n) is 1.52. The van der Waals surface area contributed by atoms with Gasteiger partial charge in [0, 0.05) is 24.5 Å². The molecule has 1 aromatic rings. The molecule has 0 saturated heterocycles. The van der Waals surface area contributed by atoms with Crippen molar-refractivity contribution in [2.45, 2.75) is 27.7 Å². The van der Waals surface area contributed by atoms with Crippen molar-refractivity contribution in [3.05, 3.63) is 23.8 Å². The zero-order valence-corrected chi connectivity index (χ0v) is 11.6. The first-order valence-electron chi connectivity index (χ1n) is 6.25. The molecular weight excluding hydrogens is 226 g/mol. The first-order chi connectivity index (χ1) is 8.33. The molecule has 100 valence electrons. The van der Waals surface area contributed by atoms with Gasteiger partial charge in [-0.15, -0.1) is 0 Å². The summed E-state index contributed by atoms with van der Waals surface area (Å²) in [5, 5.41) is 6.09. The number of benzene rings is 1. The highest BCUT2D eigenvalue weighted by Crippen LogP contribution is 2.22. The second kappa shape index (κ2) is 5.76. The van der Waals surface area contributed by atoms with E-state index in [4.69, 9.17) is 5.73 Å². The van der Waals surface area contributed by atoms with E-state index in [0.717, 1.165) is 12.2 Å². The number of hydrogen-bond donors (Lipinski definition) is 3. The van der Waals surface area contributed by atoms with Crippen LogP contribution in [0.3, 0.4) is 0 Å². The molecule has 0 aromatic heterocycles. The van der Waals surface area contributed by atoms with E-state index in [0.29, 0.717) is 17.8 Å². The van der Waals surface area contributed by atoms with Crippen LogP contribution in [0.2, 0.25) is 0 Å². The lowest BCUT2D eigenvalue weighted by molar-refractivity contribution is 0.0956. The van der Waals surface area contributed by atoms with Crippen molar-refractivity contribution in [2.24, 2.45) is 5.41 Å². The molecule has 1 rings (SSSR count). The molecule has 0 aliphatic heterocycles. The van der Waals surface area contributed by atoms with E-state index in [1.54, 1.807) is 18.2 Å². The summed E-state index contributed by atoms with van der Waals surface area (Å²) in [5.41, 5.74) is 7.99. The van der Waals surface area contributed by atoms with E-state index >= 15 is 0 Å². The van der Waals surface area contributed by atoms with Crippen molar-refractivity contribution >= 4 is 17.3 Å². The van der Waals surface area contributed by atoms with Crippen LogP contribution < -0.4 is 16.4 Å². The maximum atomic E-state index is 11.9. The van der Waals surface area contributed by atoms with Crippen LogP contribution in [0.5, 0.6) is 0 Å². The fourth-order valence-corrected chi connectivity index (χ4v) is 1.52. The van der Waals surface area contributed by atoms with E-state index in [-0.39, 0.29) is 11.3 Å². The van der Waals surface area contributed by atoms with Crippen molar-refractivity contribution in [3.8, 4) is 0 Å². The van der Waals surface area contributed by atoms with Gasteiger partial charge in [0.05, 0.1) is 5.56 Å². The molecule has 0 radical (unpaired) electrons. The Kier molecular flexibility index (Phi) is 4.59. The minimum atomic E-state index is -0.0751. The van der Waals surface area contributed by atoms with Crippen molar-refractivity contribution in [1.82, 2.24) is 5.32 Å². The Balaban J connectivity index is 2.93. The summed E-state index contributed by atoms with van der Waals surface area (Å²) in [4.78, 5) is 11.9. The molecule has 0 atom stereocenters. The van der Waals surface area contributed by atoms with E-state index in [1.165, 1.54) is 0 Å². The zero-order valence-electron chi connectivity index (χ0n) is 11.6.